The van der Waals surface area contributed by atoms with Gasteiger partial charge in [0.25, 0.3) is 0 Å². The quantitative estimate of drug-likeness (QED) is 0.754. The summed E-state index contributed by atoms with van der Waals surface area (Å²) in [6, 6.07) is 5.56. The Hall–Kier alpha value is -1.31. The molecular weight excluding hydrogens is 352 g/mol. The number of benzene rings is 1. The van der Waals surface area contributed by atoms with Crippen molar-refractivity contribution in [2.24, 2.45) is 0 Å². The first-order valence-corrected chi connectivity index (χ1v) is 11.2. The van der Waals surface area contributed by atoms with Gasteiger partial charge in [-0.05, 0) is 25.0 Å². The molecule has 3 aliphatic rings. The van der Waals surface area contributed by atoms with Crippen molar-refractivity contribution < 1.29 is 17.9 Å². The van der Waals surface area contributed by atoms with Gasteiger partial charge in [0, 0.05) is 38.3 Å². The number of sulfonamides is 1. The average molecular weight is 381 g/mol. The van der Waals surface area contributed by atoms with Crippen LogP contribution in [0.3, 0.4) is 0 Å². The summed E-state index contributed by atoms with van der Waals surface area (Å²) in [5, 5.41) is 0. The summed E-state index contributed by atoms with van der Waals surface area (Å²) in [5.74, 6) is 1.14. The number of rotatable bonds is 3. The molecule has 6 nitrogen and oxygen atoms in total. The van der Waals surface area contributed by atoms with Gasteiger partial charge in [0.05, 0.1) is 4.90 Å². The maximum absolute atomic E-state index is 13.0. The molecule has 1 aromatic rings. The molecule has 0 bridgehead atoms. The summed E-state index contributed by atoms with van der Waals surface area (Å²) in [6.45, 7) is 3.74. The fourth-order valence-electron chi connectivity index (χ4n) is 4.27. The molecule has 144 valence electrons. The summed E-state index contributed by atoms with van der Waals surface area (Å²) in [5.41, 5.74) is 0. The second kappa shape index (κ2) is 7.74. The van der Waals surface area contributed by atoms with Crippen molar-refractivity contribution in [3.63, 3.8) is 0 Å². The van der Waals surface area contributed by atoms with Crippen LogP contribution in [0.5, 0.6) is 11.5 Å². The Morgan fingerprint density at radius 3 is 2.19 bits per heavy atom. The molecule has 2 heterocycles. The molecule has 0 aromatic heterocycles. The Bertz CT molecular complexity index is 721. The number of nitrogens with zero attached hydrogens (tertiary/aromatic N) is 2. The van der Waals surface area contributed by atoms with Gasteiger partial charge in [0.15, 0.2) is 11.5 Å². The SMILES string of the molecule is O=S(=O)(c1ccc2c(c1)OCCO2)N1CCN(C2CCCCCC2)CC1. The van der Waals surface area contributed by atoms with E-state index >= 15 is 0 Å². The van der Waals surface area contributed by atoms with Gasteiger partial charge >= 0.3 is 0 Å². The lowest BCUT2D eigenvalue weighted by atomic mass is 10.1. The predicted molar refractivity (Wildman–Crippen MR) is 99.3 cm³/mol. The lowest BCUT2D eigenvalue weighted by Crippen LogP contribution is -2.51. The molecule has 2 fully saturated rings. The number of piperazine rings is 1. The van der Waals surface area contributed by atoms with Crippen LogP contribution >= 0.6 is 0 Å². The van der Waals surface area contributed by atoms with Gasteiger partial charge in [-0.1, -0.05) is 25.7 Å². The third-order valence-corrected chi connectivity index (χ3v) is 7.66. The van der Waals surface area contributed by atoms with Gasteiger partial charge in [-0.3, -0.25) is 4.90 Å². The monoisotopic (exact) mass is 380 g/mol. The van der Waals surface area contributed by atoms with Gasteiger partial charge in [0.2, 0.25) is 10.0 Å². The van der Waals surface area contributed by atoms with E-state index in [1.807, 2.05) is 0 Å². The second-order valence-electron chi connectivity index (χ2n) is 7.39. The van der Waals surface area contributed by atoms with Gasteiger partial charge < -0.3 is 9.47 Å². The third-order valence-electron chi connectivity index (χ3n) is 5.77. The Morgan fingerprint density at radius 2 is 1.50 bits per heavy atom. The normalized spacial score (nSPS) is 23.5. The molecule has 1 aromatic carbocycles. The highest BCUT2D eigenvalue weighted by Gasteiger charge is 2.32. The molecule has 2 aliphatic heterocycles. The smallest absolute Gasteiger partial charge is 0.243 e. The predicted octanol–water partition coefficient (Wildman–Crippen LogP) is 2.49. The van der Waals surface area contributed by atoms with E-state index in [2.05, 4.69) is 4.90 Å². The van der Waals surface area contributed by atoms with Gasteiger partial charge in [-0.25, -0.2) is 8.42 Å². The highest BCUT2D eigenvalue weighted by Crippen LogP contribution is 2.33. The van der Waals surface area contributed by atoms with Crippen LogP contribution in [0.15, 0.2) is 23.1 Å². The molecule has 4 rings (SSSR count). The van der Waals surface area contributed by atoms with Crippen molar-refractivity contribution in [3.8, 4) is 11.5 Å². The minimum atomic E-state index is -3.49. The van der Waals surface area contributed by atoms with E-state index in [4.69, 9.17) is 9.47 Å². The molecular formula is C19H28N2O4S. The molecule has 0 radical (unpaired) electrons. The summed E-state index contributed by atoms with van der Waals surface area (Å²) >= 11 is 0. The molecule has 1 saturated heterocycles. The van der Waals surface area contributed by atoms with Crippen molar-refractivity contribution >= 4 is 10.0 Å². The molecule has 7 heteroatoms. The van der Waals surface area contributed by atoms with E-state index in [0.717, 1.165) is 13.1 Å². The van der Waals surface area contributed by atoms with Crippen molar-refractivity contribution in [3.05, 3.63) is 18.2 Å². The van der Waals surface area contributed by atoms with Crippen LogP contribution in [0.1, 0.15) is 38.5 Å². The maximum atomic E-state index is 13.0. The van der Waals surface area contributed by atoms with E-state index in [1.165, 1.54) is 38.5 Å². The maximum Gasteiger partial charge on any atom is 0.243 e. The van der Waals surface area contributed by atoms with Crippen LogP contribution in [0, 0.1) is 0 Å². The number of fused-ring (bicyclic) bond motifs is 1. The summed E-state index contributed by atoms with van der Waals surface area (Å²) in [4.78, 5) is 2.80. The van der Waals surface area contributed by atoms with Crippen LogP contribution in [0.25, 0.3) is 0 Å². The van der Waals surface area contributed by atoms with Crippen molar-refractivity contribution in [1.29, 1.82) is 0 Å². The molecule has 0 unspecified atom stereocenters. The summed E-state index contributed by atoms with van der Waals surface area (Å²) in [6.07, 6.45) is 7.81. The van der Waals surface area contributed by atoms with Gasteiger partial charge in [-0.2, -0.15) is 4.31 Å². The largest absolute Gasteiger partial charge is 0.486 e. The molecule has 0 amide bonds. The molecule has 0 N–H and O–H groups in total. The van der Waals surface area contributed by atoms with Crippen molar-refractivity contribution in [2.45, 2.75) is 49.5 Å². The first kappa shape index (κ1) is 18.1. The molecule has 0 spiro atoms. The van der Waals surface area contributed by atoms with E-state index in [1.54, 1.807) is 22.5 Å². The topological polar surface area (TPSA) is 59.1 Å². The lowest BCUT2D eigenvalue weighted by molar-refractivity contribution is 0.126. The van der Waals surface area contributed by atoms with Crippen molar-refractivity contribution in [2.75, 3.05) is 39.4 Å². The number of ether oxygens (including phenoxy) is 2. The number of hydrogen-bond acceptors (Lipinski definition) is 5. The van der Waals surface area contributed by atoms with Gasteiger partial charge in [-0.15, -0.1) is 0 Å². The zero-order chi connectivity index (χ0) is 18.0. The van der Waals surface area contributed by atoms with E-state index in [0.29, 0.717) is 48.7 Å². The first-order valence-electron chi connectivity index (χ1n) is 9.78. The zero-order valence-electron chi connectivity index (χ0n) is 15.2. The molecule has 0 atom stereocenters. The fraction of sp³-hybridized carbons (Fsp3) is 0.684. The lowest BCUT2D eigenvalue weighted by Gasteiger charge is -2.38. The Morgan fingerprint density at radius 1 is 0.846 bits per heavy atom. The van der Waals surface area contributed by atoms with E-state index < -0.39 is 10.0 Å². The van der Waals surface area contributed by atoms with Gasteiger partial charge in [0.1, 0.15) is 13.2 Å². The standard InChI is InChI=1S/C19H28N2O4S/c22-26(23,17-7-8-18-19(15-17)25-14-13-24-18)21-11-9-20(10-12-21)16-5-3-1-2-4-6-16/h7-8,15-16H,1-6,9-14H2. The molecule has 1 aliphatic carbocycles. The minimum absolute atomic E-state index is 0.296. The molecule has 26 heavy (non-hydrogen) atoms. The first-order chi connectivity index (χ1) is 12.6. The fourth-order valence-corrected chi connectivity index (χ4v) is 5.70. The third kappa shape index (κ3) is 3.70. The highest BCUT2D eigenvalue weighted by atomic mass is 32.2. The van der Waals surface area contributed by atoms with Crippen LogP contribution < -0.4 is 9.47 Å². The number of hydrogen-bond donors (Lipinski definition) is 0. The summed E-state index contributed by atoms with van der Waals surface area (Å²) < 4.78 is 38.7. The van der Waals surface area contributed by atoms with Crippen LogP contribution in [-0.2, 0) is 10.0 Å². The Labute approximate surface area is 156 Å². The zero-order valence-corrected chi connectivity index (χ0v) is 16.0. The molecule has 1 saturated carbocycles. The Kier molecular flexibility index (Phi) is 5.38. The van der Waals surface area contributed by atoms with Crippen LogP contribution in [0.4, 0.5) is 0 Å². The van der Waals surface area contributed by atoms with E-state index in [-0.39, 0.29) is 0 Å². The highest BCUT2D eigenvalue weighted by molar-refractivity contribution is 7.89. The van der Waals surface area contributed by atoms with Crippen molar-refractivity contribution in [1.82, 2.24) is 9.21 Å². The average Bonchev–Trinajstić information content (AvgIpc) is 2.97. The second-order valence-corrected chi connectivity index (χ2v) is 9.33. The van der Waals surface area contributed by atoms with E-state index in [9.17, 15) is 8.42 Å². The van der Waals surface area contributed by atoms with Crippen LogP contribution in [0.2, 0.25) is 0 Å². The Balaban J connectivity index is 1.43. The minimum Gasteiger partial charge on any atom is -0.486 e. The summed E-state index contributed by atoms with van der Waals surface area (Å²) in [7, 11) is -3.49. The van der Waals surface area contributed by atoms with Crippen LogP contribution in [-0.4, -0.2) is 63.1 Å².